The topological polar surface area (TPSA) is 42.0 Å². The molecule has 2 rings (SSSR count). The lowest BCUT2D eigenvalue weighted by Crippen LogP contribution is -2.14. The summed E-state index contributed by atoms with van der Waals surface area (Å²) in [5.41, 5.74) is 4.31. The van der Waals surface area contributed by atoms with Gasteiger partial charge >= 0.3 is 0 Å². The first-order valence-corrected chi connectivity index (χ1v) is 6.78. The molecule has 1 amide bonds. The van der Waals surface area contributed by atoms with Crippen LogP contribution in [0.5, 0.6) is 0 Å². The minimum atomic E-state index is -0.133. The summed E-state index contributed by atoms with van der Waals surface area (Å²) in [4.78, 5) is 16.3. The van der Waals surface area contributed by atoms with Gasteiger partial charge in [0.1, 0.15) is 0 Å². The Kier molecular flexibility index (Phi) is 4.00. The highest BCUT2D eigenvalue weighted by molar-refractivity contribution is 9.10. The maximum atomic E-state index is 12.2. The summed E-state index contributed by atoms with van der Waals surface area (Å²) in [5.74, 6) is -0.133. The summed E-state index contributed by atoms with van der Waals surface area (Å²) in [5, 5.41) is 2.91. The maximum Gasteiger partial charge on any atom is 0.257 e. The molecule has 0 spiro atoms. The number of rotatable bonds is 2. The molecular formula is C15H15BrN2O. The number of nitrogens with one attached hydrogen (secondary N) is 1. The number of halogens is 1. The van der Waals surface area contributed by atoms with Gasteiger partial charge in [-0.1, -0.05) is 15.9 Å². The number of hydrogen-bond acceptors (Lipinski definition) is 2. The van der Waals surface area contributed by atoms with Crippen LogP contribution in [0.25, 0.3) is 0 Å². The first-order chi connectivity index (χ1) is 8.99. The van der Waals surface area contributed by atoms with Crippen molar-refractivity contribution in [1.82, 2.24) is 4.98 Å². The van der Waals surface area contributed by atoms with Gasteiger partial charge in [-0.15, -0.1) is 0 Å². The molecule has 1 aromatic carbocycles. The van der Waals surface area contributed by atoms with Crippen molar-refractivity contribution in [2.24, 2.45) is 0 Å². The molecule has 0 aliphatic heterocycles. The number of nitrogens with zero attached hydrogens (tertiary/aromatic N) is 1. The van der Waals surface area contributed by atoms with Crippen molar-refractivity contribution in [2.75, 3.05) is 5.32 Å². The summed E-state index contributed by atoms with van der Waals surface area (Å²) in [6.45, 7) is 5.83. The molecule has 0 radical (unpaired) electrons. The van der Waals surface area contributed by atoms with Gasteiger partial charge < -0.3 is 5.32 Å². The number of carbonyl (C=O) groups excluding carboxylic acids is 1. The fourth-order valence-electron chi connectivity index (χ4n) is 1.94. The van der Waals surface area contributed by atoms with Crippen molar-refractivity contribution < 1.29 is 4.79 Å². The van der Waals surface area contributed by atoms with E-state index in [-0.39, 0.29) is 5.91 Å². The molecule has 0 aliphatic carbocycles. The van der Waals surface area contributed by atoms with Crippen LogP contribution in [0.4, 0.5) is 5.69 Å². The number of hydrogen-bond donors (Lipinski definition) is 1. The van der Waals surface area contributed by atoms with E-state index in [9.17, 15) is 4.79 Å². The standard InChI is InChI=1S/C15H15BrN2O/c1-9-7-12(8-10(2)14(9)16)18-15(19)13-5-4-6-17-11(13)3/h4-8H,1-3H3,(H,18,19). The number of anilines is 1. The zero-order valence-electron chi connectivity index (χ0n) is 11.1. The van der Waals surface area contributed by atoms with Gasteiger partial charge in [0.2, 0.25) is 0 Å². The first-order valence-electron chi connectivity index (χ1n) is 5.98. The second kappa shape index (κ2) is 5.53. The van der Waals surface area contributed by atoms with Crippen molar-refractivity contribution in [3.63, 3.8) is 0 Å². The van der Waals surface area contributed by atoms with E-state index in [2.05, 4.69) is 26.2 Å². The molecule has 98 valence electrons. The predicted molar refractivity (Wildman–Crippen MR) is 80.5 cm³/mol. The second-order valence-electron chi connectivity index (χ2n) is 4.51. The lowest BCUT2D eigenvalue weighted by Gasteiger charge is -2.10. The highest BCUT2D eigenvalue weighted by atomic mass is 79.9. The maximum absolute atomic E-state index is 12.2. The average Bonchev–Trinajstić information content (AvgIpc) is 2.36. The SMILES string of the molecule is Cc1cc(NC(=O)c2cccnc2C)cc(C)c1Br. The van der Waals surface area contributed by atoms with Crippen LogP contribution in [0.2, 0.25) is 0 Å². The number of pyridine rings is 1. The Morgan fingerprint density at radius 2 is 1.84 bits per heavy atom. The summed E-state index contributed by atoms with van der Waals surface area (Å²) in [6, 6.07) is 7.43. The molecule has 1 N–H and O–H groups in total. The number of amides is 1. The average molecular weight is 319 g/mol. The lowest BCUT2D eigenvalue weighted by molar-refractivity contribution is 0.102. The van der Waals surface area contributed by atoms with E-state index in [4.69, 9.17) is 0 Å². The van der Waals surface area contributed by atoms with E-state index in [1.165, 1.54) is 0 Å². The fourth-order valence-corrected chi connectivity index (χ4v) is 2.17. The Labute approximate surface area is 121 Å². The van der Waals surface area contributed by atoms with Crippen LogP contribution in [-0.2, 0) is 0 Å². The fraction of sp³-hybridized carbons (Fsp3) is 0.200. The molecule has 0 fully saturated rings. The van der Waals surface area contributed by atoms with Crippen LogP contribution in [0.1, 0.15) is 27.2 Å². The zero-order valence-corrected chi connectivity index (χ0v) is 12.7. The van der Waals surface area contributed by atoms with Crippen LogP contribution < -0.4 is 5.32 Å². The quantitative estimate of drug-likeness (QED) is 0.908. The Bertz CT molecular complexity index is 615. The molecule has 0 bridgehead atoms. The van der Waals surface area contributed by atoms with Gasteiger partial charge in [0.25, 0.3) is 5.91 Å². The molecular weight excluding hydrogens is 304 g/mol. The van der Waals surface area contributed by atoms with Gasteiger partial charge in [-0.2, -0.15) is 0 Å². The Morgan fingerprint density at radius 1 is 1.21 bits per heavy atom. The summed E-state index contributed by atoms with van der Waals surface area (Å²) >= 11 is 3.51. The number of aryl methyl sites for hydroxylation is 3. The van der Waals surface area contributed by atoms with E-state index in [0.717, 1.165) is 27.0 Å². The van der Waals surface area contributed by atoms with Crippen LogP contribution in [0.3, 0.4) is 0 Å². The van der Waals surface area contributed by atoms with Gasteiger partial charge in [0.05, 0.1) is 5.56 Å². The molecule has 0 atom stereocenters. The van der Waals surface area contributed by atoms with Gasteiger partial charge in [0.15, 0.2) is 0 Å². The second-order valence-corrected chi connectivity index (χ2v) is 5.31. The van der Waals surface area contributed by atoms with E-state index in [1.807, 2.05) is 32.9 Å². The first kappa shape index (κ1) is 13.7. The molecule has 0 aliphatic rings. The van der Waals surface area contributed by atoms with Crippen molar-refractivity contribution in [3.8, 4) is 0 Å². The molecule has 1 heterocycles. The van der Waals surface area contributed by atoms with Crippen molar-refractivity contribution in [2.45, 2.75) is 20.8 Å². The molecule has 2 aromatic rings. The summed E-state index contributed by atoms with van der Waals surface area (Å²) < 4.78 is 1.07. The molecule has 1 aromatic heterocycles. The van der Waals surface area contributed by atoms with E-state index in [0.29, 0.717) is 5.56 Å². The Morgan fingerprint density at radius 3 is 2.42 bits per heavy atom. The Hall–Kier alpha value is -1.68. The molecule has 19 heavy (non-hydrogen) atoms. The number of carbonyl (C=O) groups is 1. The third kappa shape index (κ3) is 3.01. The normalized spacial score (nSPS) is 10.3. The monoisotopic (exact) mass is 318 g/mol. The van der Waals surface area contributed by atoms with Gasteiger partial charge in [-0.05, 0) is 56.2 Å². The zero-order chi connectivity index (χ0) is 14.0. The van der Waals surface area contributed by atoms with E-state index in [1.54, 1.807) is 18.3 Å². The predicted octanol–water partition coefficient (Wildman–Crippen LogP) is 4.02. The van der Waals surface area contributed by atoms with Crippen molar-refractivity contribution in [1.29, 1.82) is 0 Å². The highest BCUT2D eigenvalue weighted by Gasteiger charge is 2.10. The molecule has 0 unspecified atom stereocenters. The third-order valence-electron chi connectivity index (χ3n) is 2.95. The van der Waals surface area contributed by atoms with Crippen LogP contribution in [0, 0.1) is 20.8 Å². The minimum Gasteiger partial charge on any atom is -0.322 e. The molecule has 0 saturated heterocycles. The minimum absolute atomic E-state index is 0.133. The molecule has 3 nitrogen and oxygen atoms in total. The summed E-state index contributed by atoms with van der Waals surface area (Å²) in [7, 11) is 0. The highest BCUT2D eigenvalue weighted by Crippen LogP contribution is 2.25. The summed E-state index contributed by atoms with van der Waals surface area (Å²) in [6.07, 6.45) is 1.68. The smallest absolute Gasteiger partial charge is 0.257 e. The van der Waals surface area contributed by atoms with Gasteiger partial charge in [-0.25, -0.2) is 0 Å². The lowest BCUT2D eigenvalue weighted by atomic mass is 10.1. The Balaban J connectivity index is 2.27. The molecule has 0 saturated carbocycles. The van der Waals surface area contributed by atoms with E-state index >= 15 is 0 Å². The molecule has 4 heteroatoms. The number of aromatic nitrogens is 1. The van der Waals surface area contributed by atoms with E-state index < -0.39 is 0 Å². The van der Waals surface area contributed by atoms with Gasteiger partial charge in [0, 0.05) is 22.1 Å². The van der Waals surface area contributed by atoms with Crippen molar-refractivity contribution >= 4 is 27.5 Å². The third-order valence-corrected chi connectivity index (χ3v) is 4.20. The van der Waals surface area contributed by atoms with Crippen molar-refractivity contribution in [3.05, 3.63) is 57.3 Å². The van der Waals surface area contributed by atoms with Crippen LogP contribution >= 0.6 is 15.9 Å². The number of benzene rings is 1. The van der Waals surface area contributed by atoms with Gasteiger partial charge in [-0.3, -0.25) is 9.78 Å². The largest absolute Gasteiger partial charge is 0.322 e. The van der Waals surface area contributed by atoms with Crippen LogP contribution in [-0.4, -0.2) is 10.9 Å². The van der Waals surface area contributed by atoms with Crippen LogP contribution in [0.15, 0.2) is 34.9 Å².